The summed E-state index contributed by atoms with van der Waals surface area (Å²) in [5.74, 6) is -0.916. The fourth-order valence-corrected chi connectivity index (χ4v) is 2.52. The lowest BCUT2D eigenvalue weighted by molar-refractivity contribution is -0.121. The lowest BCUT2D eigenvalue weighted by Gasteiger charge is -2.14. The number of carbonyl (C=O) groups excluding carboxylic acids is 3. The third kappa shape index (κ3) is 4.05. The zero-order chi connectivity index (χ0) is 18.5. The molecule has 0 saturated carbocycles. The number of esters is 1. The lowest BCUT2D eigenvalue weighted by Crippen LogP contribution is -2.28. The molecule has 0 aliphatic carbocycles. The van der Waals surface area contributed by atoms with Crippen molar-refractivity contribution >= 4 is 23.5 Å². The smallest absolute Gasteiger partial charge is 0.338 e. The summed E-state index contributed by atoms with van der Waals surface area (Å²) < 4.78 is 23.2. The van der Waals surface area contributed by atoms with Crippen LogP contribution in [0.15, 0.2) is 48.5 Å². The van der Waals surface area contributed by atoms with Crippen LogP contribution >= 0.6 is 0 Å². The van der Waals surface area contributed by atoms with Crippen LogP contribution in [0.2, 0.25) is 0 Å². The standard InChI is InChI=1S/C19H16FNO5/c20-14-3-7-16(8-4-14)25-11-12-26-19(24)13-1-5-15(6-2-13)21-17(22)9-10-18(21)23/h1-8H,9-12H2. The molecule has 0 spiro atoms. The van der Waals surface area contributed by atoms with Crippen LogP contribution in [0.1, 0.15) is 23.2 Å². The predicted molar refractivity (Wildman–Crippen MR) is 90.3 cm³/mol. The number of imide groups is 1. The van der Waals surface area contributed by atoms with Crippen molar-refractivity contribution in [3.8, 4) is 5.75 Å². The Morgan fingerprint density at radius 3 is 2.15 bits per heavy atom. The van der Waals surface area contributed by atoms with Gasteiger partial charge in [0.15, 0.2) is 0 Å². The van der Waals surface area contributed by atoms with E-state index in [0.717, 1.165) is 4.90 Å². The summed E-state index contributed by atoms with van der Waals surface area (Å²) in [7, 11) is 0. The van der Waals surface area contributed by atoms with Crippen molar-refractivity contribution in [3.05, 3.63) is 59.9 Å². The van der Waals surface area contributed by atoms with Gasteiger partial charge >= 0.3 is 5.97 Å². The molecular formula is C19H16FNO5. The number of anilines is 1. The molecule has 0 radical (unpaired) electrons. The van der Waals surface area contributed by atoms with E-state index in [-0.39, 0.29) is 43.7 Å². The number of benzene rings is 2. The van der Waals surface area contributed by atoms with Gasteiger partial charge in [-0.15, -0.1) is 0 Å². The van der Waals surface area contributed by atoms with Crippen molar-refractivity contribution in [3.63, 3.8) is 0 Å². The quantitative estimate of drug-likeness (QED) is 0.452. The molecule has 0 aromatic heterocycles. The Kier molecular flexibility index (Phi) is 5.26. The first-order chi connectivity index (χ1) is 12.5. The summed E-state index contributed by atoms with van der Waals surface area (Å²) in [6.07, 6.45) is 0.410. The minimum Gasteiger partial charge on any atom is -0.490 e. The molecule has 1 aliphatic heterocycles. The van der Waals surface area contributed by atoms with Gasteiger partial charge in [0.1, 0.15) is 24.8 Å². The van der Waals surface area contributed by atoms with E-state index in [1.807, 2.05) is 0 Å². The van der Waals surface area contributed by atoms with E-state index in [1.165, 1.54) is 48.5 Å². The van der Waals surface area contributed by atoms with Crippen LogP contribution in [0.4, 0.5) is 10.1 Å². The highest BCUT2D eigenvalue weighted by atomic mass is 19.1. The topological polar surface area (TPSA) is 72.9 Å². The number of hydrogen-bond acceptors (Lipinski definition) is 5. The number of carbonyl (C=O) groups is 3. The Hall–Kier alpha value is -3.22. The van der Waals surface area contributed by atoms with Crippen molar-refractivity contribution in [2.24, 2.45) is 0 Å². The van der Waals surface area contributed by atoms with Gasteiger partial charge in [0.2, 0.25) is 11.8 Å². The first kappa shape index (κ1) is 17.6. The van der Waals surface area contributed by atoms with Crippen LogP contribution in [0.25, 0.3) is 0 Å². The van der Waals surface area contributed by atoms with Crippen molar-refractivity contribution < 1.29 is 28.2 Å². The van der Waals surface area contributed by atoms with Gasteiger partial charge in [0.25, 0.3) is 0 Å². The monoisotopic (exact) mass is 357 g/mol. The Bertz CT molecular complexity index is 801. The van der Waals surface area contributed by atoms with Gasteiger partial charge in [-0.1, -0.05) is 0 Å². The fraction of sp³-hybridized carbons (Fsp3) is 0.211. The van der Waals surface area contributed by atoms with Gasteiger partial charge in [-0.2, -0.15) is 0 Å². The normalized spacial score (nSPS) is 13.8. The average molecular weight is 357 g/mol. The van der Waals surface area contributed by atoms with Crippen LogP contribution in [0.3, 0.4) is 0 Å². The first-order valence-electron chi connectivity index (χ1n) is 8.06. The van der Waals surface area contributed by atoms with E-state index in [2.05, 4.69) is 0 Å². The van der Waals surface area contributed by atoms with Crippen LogP contribution in [0, 0.1) is 5.82 Å². The predicted octanol–water partition coefficient (Wildman–Crippen LogP) is 2.71. The summed E-state index contributed by atoms with van der Waals surface area (Å²) in [4.78, 5) is 36.5. The summed E-state index contributed by atoms with van der Waals surface area (Å²) >= 11 is 0. The Balaban J connectivity index is 1.49. The number of halogens is 1. The van der Waals surface area contributed by atoms with E-state index >= 15 is 0 Å². The zero-order valence-corrected chi connectivity index (χ0v) is 13.8. The molecule has 26 heavy (non-hydrogen) atoms. The number of nitrogens with zero attached hydrogens (tertiary/aromatic N) is 1. The number of rotatable bonds is 6. The molecule has 0 bridgehead atoms. The maximum absolute atomic E-state index is 12.8. The third-order valence-electron chi connectivity index (χ3n) is 3.81. The molecule has 1 heterocycles. The highest BCUT2D eigenvalue weighted by molar-refractivity contribution is 6.19. The molecule has 134 valence electrons. The minimum atomic E-state index is -0.543. The molecule has 0 unspecified atom stereocenters. The van der Waals surface area contributed by atoms with Crippen LogP contribution < -0.4 is 9.64 Å². The van der Waals surface area contributed by atoms with E-state index in [1.54, 1.807) is 0 Å². The molecule has 3 rings (SSSR count). The third-order valence-corrected chi connectivity index (χ3v) is 3.81. The van der Waals surface area contributed by atoms with Crippen molar-refractivity contribution in [2.45, 2.75) is 12.8 Å². The van der Waals surface area contributed by atoms with E-state index in [0.29, 0.717) is 17.0 Å². The Morgan fingerprint density at radius 2 is 1.54 bits per heavy atom. The van der Waals surface area contributed by atoms with Crippen molar-refractivity contribution in [1.82, 2.24) is 0 Å². The lowest BCUT2D eigenvalue weighted by atomic mass is 10.2. The second kappa shape index (κ2) is 7.77. The molecule has 0 N–H and O–H groups in total. The van der Waals surface area contributed by atoms with Crippen LogP contribution in [-0.4, -0.2) is 31.0 Å². The molecule has 2 aromatic rings. The largest absolute Gasteiger partial charge is 0.490 e. The highest BCUT2D eigenvalue weighted by Crippen LogP contribution is 2.23. The molecule has 2 amide bonds. The summed E-state index contributed by atoms with van der Waals surface area (Å²) in [5, 5.41) is 0. The molecule has 1 aliphatic rings. The second-order valence-corrected chi connectivity index (χ2v) is 5.61. The highest BCUT2D eigenvalue weighted by Gasteiger charge is 2.30. The zero-order valence-electron chi connectivity index (χ0n) is 13.8. The van der Waals surface area contributed by atoms with Gasteiger partial charge in [0, 0.05) is 12.8 Å². The summed E-state index contributed by atoms with van der Waals surface area (Å²) in [6.45, 7) is 0.160. The van der Waals surface area contributed by atoms with Crippen LogP contribution in [0.5, 0.6) is 5.75 Å². The number of ether oxygens (including phenoxy) is 2. The van der Waals surface area contributed by atoms with E-state index in [4.69, 9.17) is 9.47 Å². The maximum atomic E-state index is 12.8. The molecule has 0 atom stereocenters. The second-order valence-electron chi connectivity index (χ2n) is 5.61. The molecule has 1 fully saturated rings. The molecule has 2 aromatic carbocycles. The molecule has 7 heteroatoms. The van der Waals surface area contributed by atoms with Gasteiger partial charge in [-0.05, 0) is 48.5 Å². The average Bonchev–Trinajstić information content (AvgIpc) is 2.98. The number of hydrogen-bond donors (Lipinski definition) is 0. The van der Waals surface area contributed by atoms with Gasteiger partial charge in [0.05, 0.1) is 11.3 Å². The van der Waals surface area contributed by atoms with Gasteiger partial charge in [-0.25, -0.2) is 9.18 Å². The molecule has 6 nitrogen and oxygen atoms in total. The Labute approximate surface area is 149 Å². The summed E-state index contributed by atoms with van der Waals surface area (Å²) in [6, 6.07) is 11.6. The minimum absolute atomic E-state index is 0.0288. The molecule has 1 saturated heterocycles. The van der Waals surface area contributed by atoms with Crippen molar-refractivity contribution in [2.75, 3.05) is 18.1 Å². The Morgan fingerprint density at radius 1 is 0.923 bits per heavy atom. The van der Waals surface area contributed by atoms with Gasteiger partial charge < -0.3 is 9.47 Å². The fourth-order valence-electron chi connectivity index (χ4n) is 2.52. The maximum Gasteiger partial charge on any atom is 0.338 e. The number of amides is 2. The SMILES string of the molecule is O=C(OCCOc1ccc(F)cc1)c1ccc(N2C(=O)CCC2=O)cc1. The molecular weight excluding hydrogens is 341 g/mol. The van der Waals surface area contributed by atoms with Crippen molar-refractivity contribution in [1.29, 1.82) is 0 Å². The van der Waals surface area contributed by atoms with E-state index in [9.17, 15) is 18.8 Å². The summed E-state index contributed by atoms with van der Waals surface area (Å²) in [5.41, 5.74) is 0.739. The first-order valence-corrected chi connectivity index (χ1v) is 8.06. The van der Waals surface area contributed by atoms with E-state index < -0.39 is 5.97 Å². The van der Waals surface area contributed by atoms with Crippen LogP contribution in [-0.2, 0) is 14.3 Å². The van der Waals surface area contributed by atoms with Gasteiger partial charge in [-0.3, -0.25) is 14.5 Å².